The molecule has 0 bridgehead atoms. The second-order valence-electron chi connectivity index (χ2n) is 5.36. The van der Waals surface area contributed by atoms with Crippen molar-refractivity contribution in [1.82, 2.24) is 4.31 Å². The maximum atomic E-state index is 13.7. The molecule has 0 spiro atoms. The SMILES string of the molecule is O=C(O)c1cc(S(=O)(=O)N2CCCC2c2ccco2)c(Cl)cc1F. The molecule has 128 valence electrons. The van der Waals surface area contributed by atoms with E-state index in [4.69, 9.17) is 21.1 Å². The van der Waals surface area contributed by atoms with Gasteiger partial charge in [-0.15, -0.1) is 0 Å². The van der Waals surface area contributed by atoms with Gasteiger partial charge in [0, 0.05) is 6.54 Å². The lowest BCUT2D eigenvalue weighted by molar-refractivity contribution is 0.0691. The molecule has 1 aliphatic heterocycles. The standard InChI is InChI=1S/C15H13ClFNO5S/c16-10-8-11(17)9(15(19)20)7-14(10)24(21,22)18-5-1-3-12(18)13-4-2-6-23-13/h2,4,6-8,12H,1,3,5H2,(H,19,20). The number of carbonyl (C=O) groups is 1. The van der Waals surface area contributed by atoms with Gasteiger partial charge in [0.05, 0.1) is 22.9 Å². The lowest BCUT2D eigenvalue weighted by atomic mass is 10.2. The zero-order valence-electron chi connectivity index (χ0n) is 12.3. The minimum Gasteiger partial charge on any atom is -0.478 e. The number of benzene rings is 1. The Kier molecular flexibility index (Phi) is 4.37. The second kappa shape index (κ2) is 6.19. The van der Waals surface area contributed by atoms with Crippen molar-refractivity contribution in [1.29, 1.82) is 0 Å². The number of hydrogen-bond donors (Lipinski definition) is 1. The van der Waals surface area contributed by atoms with Gasteiger partial charge in [0.25, 0.3) is 0 Å². The van der Waals surface area contributed by atoms with Crippen molar-refractivity contribution in [2.45, 2.75) is 23.8 Å². The van der Waals surface area contributed by atoms with Gasteiger partial charge in [0.15, 0.2) is 0 Å². The second-order valence-corrected chi connectivity index (χ2v) is 7.62. The molecule has 1 aromatic carbocycles. The smallest absolute Gasteiger partial charge is 0.338 e. The number of carboxylic acids is 1. The molecule has 2 aromatic rings. The van der Waals surface area contributed by atoms with E-state index in [1.54, 1.807) is 12.1 Å². The third-order valence-electron chi connectivity index (χ3n) is 3.91. The summed E-state index contributed by atoms with van der Waals surface area (Å²) in [5, 5.41) is 8.65. The fourth-order valence-electron chi connectivity index (χ4n) is 2.81. The van der Waals surface area contributed by atoms with E-state index in [0.29, 0.717) is 24.7 Å². The zero-order valence-corrected chi connectivity index (χ0v) is 13.8. The summed E-state index contributed by atoms with van der Waals surface area (Å²) in [6, 6.07) is 4.29. The monoisotopic (exact) mass is 373 g/mol. The van der Waals surface area contributed by atoms with Crippen LogP contribution in [0.2, 0.25) is 5.02 Å². The van der Waals surface area contributed by atoms with Crippen molar-refractivity contribution >= 4 is 27.6 Å². The third kappa shape index (κ3) is 2.81. The molecule has 0 amide bonds. The van der Waals surface area contributed by atoms with Crippen LogP contribution in [0.25, 0.3) is 0 Å². The van der Waals surface area contributed by atoms with Crippen LogP contribution in [-0.4, -0.2) is 30.3 Å². The largest absolute Gasteiger partial charge is 0.478 e. The highest BCUT2D eigenvalue weighted by Crippen LogP contribution is 2.38. The number of hydrogen-bond acceptors (Lipinski definition) is 4. The number of rotatable bonds is 4. The van der Waals surface area contributed by atoms with E-state index in [0.717, 1.165) is 6.07 Å². The van der Waals surface area contributed by atoms with Crippen LogP contribution in [-0.2, 0) is 10.0 Å². The van der Waals surface area contributed by atoms with E-state index in [-0.39, 0.29) is 11.6 Å². The molecule has 0 radical (unpaired) electrons. The Morgan fingerprint density at radius 2 is 2.17 bits per heavy atom. The van der Waals surface area contributed by atoms with E-state index in [1.807, 2.05) is 0 Å². The molecule has 1 fully saturated rings. The highest BCUT2D eigenvalue weighted by Gasteiger charge is 2.39. The van der Waals surface area contributed by atoms with Crippen molar-refractivity contribution in [2.75, 3.05) is 6.54 Å². The van der Waals surface area contributed by atoms with Crippen LogP contribution < -0.4 is 0 Å². The zero-order chi connectivity index (χ0) is 17.5. The molecular formula is C15H13ClFNO5S. The van der Waals surface area contributed by atoms with Crippen molar-refractivity contribution < 1.29 is 27.1 Å². The lowest BCUT2D eigenvalue weighted by Crippen LogP contribution is -2.31. The van der Waals surface area contributed by atoms with Gasteiger partial charge in [-0.1, -0.05) is 11.6 Å². The molecule has 1 aliphatic rings. The fourth-order valence-corrected chi connectivity index (χ4v) is 4.99. The molecule has 2 heterocycles. The van der Waals surface area contributed by atoms with Gasteiger partial charge in [-0.2, -0.15) is 4.31 Å². The minimum atomic E-state index is -4.11. The fraction of sp³-hybridized carbons (Fsp3) is 0.267. The van der Waals surface area contributed by atoms with Crippen LogP contribution in [0.1, 0.15) is 35.0 Å². The number of carboxylic acid groups (broad SMARTS) is 1. The molecule has 1 saturated heterocycles. The van der Waals surface area contributed by atoms with Crippen LogP contribution in [0.4, 0.5) is 4.39 Å². The van der Waals surface area contributed by atoms with Crippen LogP contribution in [0, 0.1) is 5.82 Å². The van der Waals surface area contributed by atoms with Gasteiger partial charge >= 0.3 is 5.97 Å². The van der Waals surface area contributed by atoms with E-state index in [2.05, 4.69) is 0 Å². The van der Waals surface area contributed by atoms with Crippen molar-refractivity contribution in [3.8, 4) is 0 Å². The molecule has 1 unspecified atom stereocenters. The summed E-state index contributed by atoms with van der Waals surface area (Å²) < 4.78 is 46.0. The average molecular weight is 374 g/mol. The maximum Gasteiger partial charge on any atom is 0.338 e. The normalized spacial score (nSPS) is 18.8. The van der Waals surface area contributed by atoms with Gasteiger partial charge in [0.2, 0.25) is 10.0 Å². The lowest BCUT2D eigenvalue weighted by Gasteiger charge is -2.23. The van der Waals surface area contributed by atoms with Crippen LogP contribution in [0.3, 0.4) is 0 Å². The molecule has 1 atom stereocenters. The van der Waals surface area contributed by atoms with Gasteiger partial charge < -0.3 is 9.52 Å². The molecule has 1 N–H and O–H groups in total. The highest BCUT2D eigenvalue weighted by atomic mass is 35.5. The molecule has 1 aromatic heterocycles. The number of halogens is 2. The first-order chi connectivity index (χ1) is 11.3. The van der Waals surface area contributed by atoms with Crippen molar-refractivity contribution in [3.05, 3.63) is 52.7 Å². The Bertz CT molecular complexity index is 882. The van der Waals surface area contributed by atoms with Crippen LogP contribution >= 0.6 is 11.6 Å². The summed E-state index contributed by atoms with van der Waals surface area (Å²) in [6.45, 7) is 0.240. The van der Waals surface area contributed by atoms with E-state index in [1.165, 1.54) is 10.6 Å². The quantitative estimate of drug-likeness (QED) is 0.888. The number of nitrogens with zero attached hydrogens (tertiary/aromatic N) is 1. The maximum absolute atomic E-state index is 13.7. The molecule has 6 nitrogen and oxygen atoms in total. The Labute approximate surface area is 142 Å². The summed E-state index contributed by atoms with van der Waals surface area (Å²) in [4.78, 5) is 10.6. The number of furan rings is 1. The summed E-state index contributed by atoms with van der Waals surface area (Å²) in [6.07, 6.45) is 2.64. The number of sulfonamides is 1. The summed E-state index contributed by atoms with van der Waals surface area (Å²) in [5.74, 6) is -2.16. The number of aromatic carboxylic acids is 1. The predicted octanol–water partition coefficient (Wildman–Crippen LogP) is 3.30. The predicted molar refractivity (Wildman–Crippen MR) is 82.9 cm³/mol. The summed E-state index contributed by atoms with van der Waals surface area (Å²) in [5.41, 5.74) is -0.744. The van der Waals surface area contributed by atoms with Gasteiger partial charge in [-0.25, -0.2) is 17.6 Å². The highest BCUT2D eigenvalue weighted by molar-refractivity contribution is 7.89. The first-order valence-electron chi connectivity index (χ1n) is 7.10. The minimum absolute atomic E-state index is 0.240. The third-order valence-corrected chi connectivity index (χ3v) is 6.29. The average Bonchev–Trinajstić information content (AvgIpc) is 3.17. The Morgan fingerprint density at radius 1 is 1.42 bits per heavy atom. The van der Waals surface area contributed by atoms with E-state index >= 15 is 0 Å². The van der Waals surface area contributed by atoms with Gasteiger partial charge in [0.1, 0.15) is 16.5 Å². The molecule has 0 aliphatic carbocycles. The van der Waals surface area contributed by atoms with Crippen molar-refractivity contribution in [2.24, 2.45) is 0 Å². The summed E-state index contributed by atoms with van der Waals surface area (Å²) in [7, 11) is -4.11. The Balaban J connectivity index is 2.08. The molecule has 24 heavy (non-hydrogen) atoms. The first-order valence-corrected chi connectivity index (χ1v) is 8.91. The van der Waals surface area contributed by atoms with Crippen molar-refractivity contribution in [3.63, 3.8) is 0 Å². The van der Waals surface area contributed by atoms with Gasteiger partial charge in [-0.05, 0) is 37.1 Å². The van der Waals surface area contributed by atoms with E-state index in [9.17, 15) is 17.6 Å². The first kappa shape index (κ1) is 16.9. The molecule has 9 heteroatoms. The molecular weight excluding hydrogens is 361 g/mol. The van der Waals surface area contributed by atoms with Crippen LogP contribution in [0.15, 0.2) is 39.8 Å². The molecule has 3 rings (SSSR count). The summed E-state index contributed by atoms with van der Waals surface area (Å²) >= 11 is 5.88. The topological polar surface area (TPSA) is 87.8 Å². The Morgan fingerprint density at radius 3 is 2.79 bits per heavy atom. The van der Waals surface area contributed by atoms with Crippen LogP contribution in [0.5, 0.6) is 0 Å². The molecule has 0 saturated carbocycles. The van der Waals surface area contributed by atoms with E-state index < -0.39 is 38.3 Å². The van der Waals surface area contributed by atoms with Gasteiger partial charge in [-0.3, -0.25) is 0 Å². The Hall–Kier alpha value is -1.90.